The standard InChI is InChI=1S/C21H14ClF2NO3/c22-15-5-10-18(24)19(11-15)25-20(26)12-28-17-8-3-14(4-9-17)21(27)13-1-6-16(23)7-2-13/h1-11H,12H2,(H,25,26). The van der Waals surface area contributed by atoms with Crippen molar-refractivity contribution in [1.29, 1.82) is 0 Å². The summed E-state index contributed by atoms with van der Waals surface area (Å²) in [6.45, 7) is -0.350. The van der Waals surface area contributed by atoms with Crippen LogP contribution in [0.25, 0.3) is 0 Å². The van der Waals surface area contributed by atoms with Crippen LogP contribution in [-0.2, 0) is 4.79 Å². The molecule has 0 saturated carbocycles. The summed E-state index contributed by atoms with van der Waals surface area (Å²) in [4.78, 5) is 24.2. The Morgan fingerprint density at radius 2 is 1.50 bits per heavy atom. The van der Waals surface area contributed by atoms with Gasteiger partial charge in [-0.05, 0) is 66.7 Å². The van der Waals surface area contributed by atoms with Crippen molar-refractivity contribution in [2.45, 2.75) is 0 Å². The van der Waals surface area contributed by atoms with Crippen molar-refractivity contribution in [3.63, 3.8) is 0 Å². The van der Waals surface area contributed by atoms with E-state index in [2.05, 4.69) is 5.32 Å². The number of ether oxygens (including phenoxy) is 1. The van der Waals surface area contributed by atoms with Crippen LogP contribution in [0.15, 0.2) is 66.7 Å². The van der Waals surface area contributed by atoms with E-state index in [1.54, 1.807) is 0 Å². The van der Waals surface area contributed by atoms with Gasteiger partial charge >= 0.3 is 0 Å². The van der Waals surface area contributed by atoms with Crippen LogP contribution in [0.1, 0.15) is 15.9 Å². The van der Waals surface area contributed by atoms with Gasteiger partial charge in [-0.3, -0.25) is 9.59 Å². The topological polar surface area (TPSA) is 55.4 Å². The van der Waals surface area contributed by atoms with Gasteiger partial charge in [0.15, 0.2) is 12.4 Å². The summed E-state index contributed by atoms with van der Waals surface area (Å²) in [6, 6.07) is 15.2. The maximum atomic E-state index is 13.6. The molecular formula is C21H14ClF2NO3. The molecule has 0 heterocycles. The van der Waals surface area contributed by atoms with Gasteiger partial charge in [-0.1, -0.05) is 11.6 Å². The zero-order valence-corrected chi connectivity index (χ0v) is 15.2. The summed E-state index contributed by atoms with van der Waals surface area (Å²) in [6.07, 6.45) is 0. The van der Waals surface area contributed by atoms with Crippen LogP contribution in [0.4, 0.5) is 14.5 Å². The van der Waals surface area contributed by atoms with Crippen molar-refractivity contribution in [3.05, 3.63) is 94.5 Å². The van der Waals surface area contributed by atoms with E-state index in [1.807, 2.05) is 0 Å². The molecule has 3 aromatic rings. The number of benzene rings is 3. The Bertz CT molecular complexity index is 1010. The number of carbonyl (C=O) groups excluding carboxylic acids is 2. The molecule has 0 aliphatic heterocycles. The molecule has 0 unspecified atom stereocenters. The number of carbonyl (C=O) groups is 2. The SMILES string of the molecule is O=C(COc1ccc(C(=O)c2ccc(F)cc2)cc1)Nc1cc(Cl)ccc1F. The van der Waals surface area contributed by atoms with Gasteiger partial charge in [0.25, 0.3) is 5.91 Å². The second kappa shape index (κ2) is 8.63. The quantitative estimate of drug-likeness (QED) is 0.600. The fourth-order valence-electron chi connectivity index (χ4n) is 2.40. The first-order chi connectivity index (χ1) is 13.4. The van der Waals surface area contributed by atoms with E-state index < -0.39 is 17.5 Å². The lowest BCUT2D eigenvalue weighted by atomic mass is 10.0. The van der Waals surface area contributed by atoms with E-state index in [9.17, 15) is 18.4 Å². The van der Waals surface area contributed by atoms with Crippen LogP contribution < -0.4 is 10.1 Å². The van der Waals surface area contributed by atoms with Crippen LogP contribution in [0, 0.1) is 11.6 Å². The van der Waals surface area contributed by atoms with Crippen LogP contribution in [0.3, 0.4) is 0 Å². The molecule has 0 saturated heterocycles. The molecule has 0 fully saturated rings. The van der Waals surface area contributed by atoms with E-state index in [-0.39, 0.29) is 18.1 Å². The van der Waals surface area contributed by atoms with Crippen molar-refractivity contribution in [1.82, 2.24) is 0 Å². The fraction of sp³-hybridized carbons (Fsp3) is 0.0476. The first kappa shape index (κ1) is 19.5. The third-order valence-electron chi connectivity index (χ3n) is 3.80. The van der Waals surface area contributed by atoms with Crippen LogP contribution in [-0.4, -0.2) is 18.3 Å². The third-order valence-corrected chi connectivity index (χ3v) is 4.03. The first-order valence-corrected chi connectivity index (χ1v) is 8.58. The van der Waals surface area contributed by atoms with E-state index in [1.165, 1.54) is 60.7 Å². The molecule has 0 aliphatic rings. The highest BCUT2D eigenvalue weighted by Crippen LogP contribution is 2.20. The molecule has 0 radical (unpaired) electrons. The molecule has 1 amide bonds. The summed E-state index contributed by atoms with van der Waals surface area (Å²) >= 11 is 5.77. The molecular weight excluding hydrogens is 388 g/mol. The van der Waals surface area contributed by atoms with E-state index in [0.29, 0.717) is 21.9 Å². The third kappa shape index (κ3) is 4.92. The van der Waals surface area contributed by atoms with Crippen LogP contribution >= 0.6 is 11.6 Å². The lowest BCUT2D eigenvalue weighted by Crippen LogP contribution is -2.20. The van der Waals surface area contributed by atoms with Gasteiger partial charge < -0.3 is 10.1 Å². The van der Waals surface area contributed by atoms with Gasteiger partial charge in [0.05, 0.1) is 5.69 Å². The van der Waals surface area contributed by atoms with E-state index >= 15 is 0 Å². The Morgan fingerprint density at radius 3 is 2.14 bits per heavy atom. The summed E-state index contributed by atoms with van der Waals surface area (Å²) < 4.78 is 31.9. The van der Waals surface area contributed by atoms with E-state index in [0.717, 1.165) is 6.07 Å². The predicted molar refractivity (Wildman–Crippen MR) is 102 cm³/mol. The average molecular weight is 402 g/mol. The van der Waals surface area contributed by atoms with Crippen molar-refractivity contribution in [3.8, 4) is 5.75 Å². The summed E-state index contributed by atoms with van der Waals surface area (Å²) in [5.41, 5.74) is 0.712. The Hall–Kier alpha value is -3.25. The van der Waals surface area contributed by atoms with E-state index in [4.69, 9.17) is 16.3 Å². The van der Waals surface area contributed by atoms with Crippen LogP contribution in [0.5, 0.6) is 5.75 Å². The zero-order valence-electron chi connectivity index (χ0n) is 14.4. The van der Waals surface area contributed by atoms with Gasteiger partial charge in [0.1, 0.15) is 17.4 Å². The number of amides is 1. The molecule has 0 atom stereocenters. The largest absolute Gasteiger partial charge is 0.484 e. The zero-order chi connectivity index (χ0) is 20.1. The van der Waals surface area contributed by atoms with Crippen molar-refractivity contribution in [2.75, 3.05) is 11.9 Å². The fourth-order valence-corrected chi connectivity index (χ4v) is 2.57. The average Bonchev–Trinajstić information content (AvgIpc) is 2.70. The summed E-state index contributed by atoms with van der Waals surface area (Å²) in [5, 5.41) is 2.66. The minimum absolute atomic E-state index is 0.0404. The molecule has 4 nitrogen and oxygen atoms in total. The smallest absolute Gasteiger partial charge is 0.262 e. The monoisotopic (exact) mass is 401 g/mol. The molecule has 3 aromatic carbocycles. The van der Waals surface area contributed by atoms with Crippen LogP contribution in [0.2, 0.25) is 5.02 Å². The number of ketones is 1. The minimum Gasteiger partial charge on any atom is -0.484 e. The maximum Gasteiger partial charge on any atom is 0.262 e. The lowest BCUT2D eigenvalue weighted by Gasteiger charge is -2.09. The normalized spacial score (nSPS) is 10.4. The Balaban J connectivity index is 1.58. The molecule has 28 heavy (non-hydrogen) atoms. The van der Waals surface area contributed by atoms with Gasteiger partial charge in [-0.15, -0.1) is 0 Å². The number of anilines is 1. The van der Waals surface area contributed by atoms with Crippen molar-refractivity contribution < 1.29 is 23.1 Å². The first-order valence-electron chi connectivity index (χ1n) is 8.20. The molecule has 3 rings (SSSR count). The molecule has 0 spiro atoms. The molecule has 0 bridgehead atoms. The summed E-state index contributed by atoms with van der Waals surface area (Å²) in [7, 11) is 0. The van der Waals surface area contributed by atoms with Gasteiger partial charge in [0.2, 0.25) is 0 Å². The Labute approximate surface area is 164 Å². The Morgan fingerprint density at radius 1 is 0.893 bits per heavy atom. The van der Waals surface area contributed by atoms with Gasteiger partial charge in [-0.25, -0.2) is 8.78 Å². The van der Waals surface area contributed by atoms with Gasteiger partial charge in [0, 0.05) is 16.1 Å². The Kier molecular flexibility index (Phi) is 6.01. The summed E-state index contributed by atoms with van der Waals surface area (Å²) in [5.74, 6) is -1.50. The highest BCUT2D eigenvalue weighted by Gasteiger charge is 2.11. The highest BCUT2D eigenvalue weighted by atomic mass is 35.5. The molecule has 0 aliphatic carbocycles. The number of nitrogens with one attached hydrogen (secondary N) is 1. The van der Waals surface area contributed by atoms with Gasteiger partial charge in [-0.2, -0.15) is 0 Å². The lowest BCUT2D eigenvalue weighted by molar-refractivity contribution is -0.118. The highest BCUT2D eigenvalue weighted by molar-refractivity contribution is 6.30. The number of hydrogen-bond donors (Lipinski definition) is 1. The molecule has 7 heteroatoms. The number of hydrogen-bond acceptors (Lipinski definition) is 3. The van der Waals surface area contributed by atoms with Crippen molar-refractivity contribution >= 4 is 29.0 Å². The van der Waals surface area contributed by atoms with Crippen molar-refractivity contribution in [2.24, 2.45) is 0 Å². The maximum absolute atomic E-state index is 13.6. The molecule has 0 aromatic heterocycles. The molecule has 1 N–H and O–H groups in total. The minimum atomic E-state index is -0.610. The molecule has 142 valence electrons. The number of halogens is 3. The number of rotatable bonds is 6. The predicted octanol–water partition coefficient (Wildman–Crippen LogP) is 4.87. The second-order valence-corrected chi connectivity index (χ2v) is 6.26. The second-order valence-electron chi connectivity index (χ2n) is 5.82.